The normalized spacial score (nSPS) is 15.0. The molecule has 1 aliphatic heterocycles. The lowest BCUT2D eigenvalue weighted by atomic mass is 9.98. The molecule has 1 heterocycles. The number of carbonyl (C=O) groups is 2. The van der Waals surface area contributed by atoms with E-state index in [4.69, 9.17) is 0 Å². The van der Waals surface area contributed by atoms with E-state index >= 15 is 0 Å². The zero-order chi connectivity index (χ0) is 17.8. The van der Waals surface area contributed by atoms with Crippen molar-refractivity contribution in [3.8, 4) is 0 Å². The van der Waals surface area contributed by atoms with Gasteiger partial charge in [0.05, 0.1) is 0 Å². The Kier molecular flexibility index (Phi) is 5.17. The topological polar surface area (TPSA) is 49.4 Å². The van der Waals surface area contributed by atoms with Crippen LogP contribution in [-0.4, -0.2) is 29.8 Å². The average molecular weight is 336 g/mol. The molecule has 0 atom stereocenters. The molecular weight excluding hydrogens is 312 g/mol. The number of hydrogen-bond donors (Lipinski definition) is 1. The first-order valence-electron chi connectivity index (χ1n) is 8.80. The van der Waals surface area contributed by atoms with E-state index < -0.39 is 0 Å². The van der Waals surface area contributed by atoms with Gasteiger partial charge in [-0.1, -0.05) is 19.1 Å². The Labute approximate surface area is 148 Å². The van der Waals surface area contributed by atoms with E-state index in [2.05, 4.69) is 12.2 Å². The fraction of sp³-hybridized carbons (Fsp3) is 0.333. The number of likely N-dealkylation sites (tertiary alicyclic amines) is 1. The van der Waals surface area contributed by atoms with Crippen molar-refractivity contribution in [1.82, 2.24) is 4.90 Å². The molecule has 1 N–H and O–H groups in total. The van der Waals surface area contributed by atoms with Crippen LogP contribution in [0.4, 0.5) is 5.69 Å². The van der Waals surface area contributed by atoms with Crippen LogP contribution in [0.3, 0.4) is 0 Å². The van der Waals surface area contributed by atoms with Crippen LogP contribution in [0.25, 0.3) is 0 Å². The molecule has 0 aromatic heterocycles. The van der Waals surface area contributed by atoms with Crippen molar-refractivity contribution in [2.45, 2.75) is 26.7 Å². The molecule has 2 aromatic carbocycles. The first-order chi connectivity index (χ1) is 12.0. The highest BCUT2D eigenvalue weighted by atomic mass is 16.2. The third-order valence-corrected chi connectivity index (χ3v) is 4.74. The minimum Gasteiger partial charge on any atom is -0.339 e. The van der Waals surface area contributed by atoms with Crippen LogP contribution >= 0.6 is 0 Å². The lowest BCUT2D eigenvalue weighted by molar-refractivity contribution is 0.0697. The largest absolute Gasteiger partial charge is 0.339 e. The highest BCUT2D eigenvalue weighted by molar-refractivity contribution is 6.05. The smallest absolute Gasteiger partial charge is 0.255 e. The van der Waals surface area contributed by atoms with Gasteiger partial charge in [-0.3, -0.25) is 9.59 Å². The van der Waals surface area contributed by atoms with E-state index in [0.717, 1.165) is 37.2 Å². The molecule has 4 heteroatoms. The van der Waals surface area contributed by atoms with Gasteiger partial charge in [-0.15, -0.1) is 0 Å². The number of carbonyl (C=O) groups excluding carboxylic acids is 2. The molecule has 1 fully saturated rings. The summed E-state index contributed by atoms with van der Waals surface area (Å²) in [7, 11) is 0. The molecule has 4 nitrogen and oxygen atoms in total. The number of nitrogens with zero attached hydrogens (tertiary/aromatic N) is 1. The van der Waals surface area contributed by atoms with Gasteiger partial charge < -0.3 is 10.2 Å². The van der Waals surface area contributed by atoms with Gasteiger partial charge in [0.1, 0.15) is 0 Å². The van der Waals surface area contributed by atoms with E-state index in [9.17, 15) is 9.59 Å². The predicted octanol–water partition coefficient (Wildman–Crippen LogP) is 4.12. The number of rotatable bonds is 3. The van der Waals surface area contributed by atoms with E-state index in [1.165, 1.54) is 0 Å². The van der Waals surface area contributed by atoms with Gasteiger partial charge in [0.2, 0.25) is 0 Å². The standard InChI is InChI=1S/C21H24N2O2/c1-15-10-12-23(13-11-15)21(25)18-8-6-17(7-9-18)20(24)22-19-5-3-4-16(2)14-19/h3-9,14-15H,10-13H2,1-2H3,(H,22,24). The zero-order valence-corrected chi connectivity index (χ0v) is 14.8. The minimum absolute atomic E-state index is 0.0533. The average Bonchev–Trinajstić information content (AvgIpc) is 2.62. The molecule has 0 saturated carbocycles. The van der Waals surface area contributed by atoms with E-state index in [-0.39, 0.29) is 11.8 Å². The van der Waals surface area contributed by atoms with Crippen molar-refractivity contribution >= 4 is 17.5 Å². The molecule has 0 spiro atoms. The summed E-state index contributed by atoms with van der Waals surface area (Å²) in [6.45, 7) is 5.84. The lowest BCUT2D eigenvalue weighted by Gasteiger charge is -2.30. The summed E-state index contributed by atoms with van der Waals surface area (Å²) in [6.07, 6.45) is 2.12. The SMILES string of the molecule is Cc1cccc(NC(=O)c2ccc(C(=O)N3CCC(C)CC3)cc2)c1. The number of piperidine rings is 1. The van der Waals surface area contributed by atoms with Gasteiger partial charge >= 0.3 is 0 Å². The van der Waals surface area contributed by atoms with Crippen LogP contribution in [0, 0.1) is 12.8 Å². The Morgan fingerprint density at radius 2 is 1.64 bits per heavy atom. The Bertz CT molecular complexity index is 760. The number of benzene rings is 2. The van der Waals surface area contributed by atoms with E-state index in [0.29, 0.717) is 17.0 Å². The van der Waals surface area contributed by atoms with Gasteiger partial charge in [0.15, 0.2) is 0 Å². The maximum Gasteiger partial charge on any atom is 0.255 e. The highest BCUT2D eigenvalue weighted by Crippen LogP contribution is 2.19. The third-order valence-electron chi connectivity index (χ3n) is 4.74. The summed E-state index contributed by atoms with van der Waals surface area (Å²) < 4.78 is 0. The summed E-state index contributed by atoms with van der Waals surface area (Å²) >= 11 is 0. The van der Waals surface area contributed by atoms with Crippen LogP contribution in [0.2, 0.25) is 0 Å². The van der Waals surface area contributed by atoms with Crippen LogP contribution < -0.4 is 5.32 Å². The summed E-state index contributed by atoms with van der Waals surface area (Å²) in [5.74, 6) is 0.575. The predicted molar refractivity (Wildman–Crippen MR) is 99.9 cm³/mol. The molecule has 2 amide bonds. The molecule has 0 aliphatic carbocycles. The summed E-state index contributed by atoms with van der Waals surface area (Å²) in [6, 6.07) is 14.6. The number of nitrogens with one attached hydrogen (secondary N) is 1. The van der Waals surface area contributed by atoms with Crippen molar-refractivity contribution < 1.29 is 9.59 Å². The molecule has 0 radical (unpaired) electrons. The first kappa shape index (κ1) is 17.2. The Hall–Kier alpha value is -2.62. The Morgan fingerprint density at radius 3 is 2.28 bits per heavy atom. The maximum atomic E-state index is 12.5. The molecule has 1 aliphatic rings. The second-order valence-electron chi connectivity index (χ2n) is 6.88. The fourth-order valence-electron chi connectivity index (χ4n) is 3.08. The quantitative estimate of drug-likeness (QED) is 0.916. The third kappa shape index (κ3) is 4.27. The van der Waals surface area contributed by atoms with Crippen molar-refractivity contribution in [3.05, 3.63) is 65.2 Å². The summed E-state index contributed by atoms with van der Waals surface area (Å²) in [4.78, 5) is 26.8. The summed E-state index contributed by atoms with van der Waals surface area (Å²) in [5, 5.41) is 2.88. The van der Waals surface area contributed by atoms with E-state index in [1.807, 2.05) is 36.1 Å². The Morgan fingerprint density at radius 1 is 1.00 bits per heavy atom. The Balaban J connectivity index is 1.65. The monoisotopic (exact) mass is 336 g/mol. The fourth-order valence-corrected chi connectivity index (χ4v) is 3.08. The molecule has 130 valence electrons. The number of aryl methyl sites for hydroxylation is 1. The van der Waals surface area contributed by atoms with Crippen molar-refractivity contribution in [1.29, 1.82) is 0 Å². The van der Waals surface area contributed by atoms with Gasteiger partial charge in [0, 0.05) is 29.9 Å². The molecule has 3 rings (SSSR count). The minimum atomic E-state index is -0.170. The van der Waals surface area contributed by atoms with Crippen LogP contribution in [0.15, 0.2) is 48.5 Å². The van der Waals surface area contributed by atoms with Gasteiger partial charge in [-0.2, -0.15) is 0 Å². The first-order valence-corrected chi connectivity index (χ1v) is 8.80. The molecular formula is C21H24N2O2. The maximum absolute atomic E-state index is 12.5. The van der Waals surface area contributed by atoms with E-state index in [1.54, 1.807) is 24.3 Å². The zero-order valence-electron chi connectivity index (χ0n) is 14.8. The van der Waals surface area contributed by atoms with Crippen LogP contribution in [0.5, 0.6) is 0 Å². The van der Waals surface area contributed by atoms with Gasteiger partial charge in [0.25, 0.3) is 11.8 Å². The molecule has 1 saturated heterocycles. The number of amides is 2. The molecule has 2 aromatic rings. The van der Waals surface area contributed by atoms with Crippen LogP contribution in [-0.2, 0) is 0 Å². The molecule has 25 heavy (non-hydrogen) atoms. The van der Waals surface area contributed by atoms with Crippen molar-refractivity contribution in [3.63, 3.8) is 0 Å². The molecule has 0 unspecified atom stereocenters. The molecule has 0 bridgehead atoms. The van der Waals surface area contributed by atoms with Gasteiger partial charge in [-0.05, 0) is 67.6 Å². The number of hydrogen-bond acceptors (Lipinski definition) is 2. The van der Waals surface area contributed by atoms with Gasteiger partial charge in [-0.25, -0.2) is 0 Å². The second kappa shape index (κ2) is 7.51. The van der Waals surface area contributed by atoms with Crippen molar-refractivity contribution in [2.24, 2.45) is 5.92 Å². The second-order valence-corrected chi connectivity index (χ2v) is 6.88. The summed E-state index contributed by atoms with van der Waals surface area (Å²) in [5.41, 5.74) is 3.05. The lowest BCUT2D eigenvalue weighted by Crippen LogP contribution is -2.37. The van der Waals surface area contributed by atoms with Crippen molar-refractivity contribution in [2.75, 3.05) is 18.4 Å². The highest BCUT2D eigenvalue weighted by Gasteiger charge is 2.21. The number of anilines is 1. The van der Waals surface area contributed by atoms with Crippen LogP contribution in [0.1, 0.15) is 46.0 Å².